The largest absolute Gasteiger partial charge is 0.329 e. The van der Waals surface area contributed by atoms with Crippen molar-refractivity contribution >= 4 is 34.4 Å². The number of carbonyl (C=O) groups is 1. The zero-order valence-corrected chi connectivity index (χ0v) is 15.1. The van der Waals surface area contributed by atoms with Crippen molar-refractivity contribution in [2.45, 2.75) is 4.90 Å². The summed E-state index contributed by atoms with van der Waals surface area (Å²) >= 11 is 0. The second-order valence-electron chi connectivity index (χ2n) is 5.81. The van der Waals surface area contributed by atoms with Crippen LogP contribution in [0.15, 0.2) is 77.7 Å². The molecule has 6 heteroatoms. The average Bonchev–Trinajstić information content (AvgIpc) is 2.67. The predicted molar refractivity (Wildman–Crippen MR) is 107 cm³/mol. The number of benzene rings is 3. The minimum absolute atomic E-state index is 0.272. The Kier molecular flexibility index (Phi) is 5.49. The maximum Gasteiger partial charge on any atom is 0.295 e. The van der Waals surface area contributed by atoms with E-state index in [1.54, 1.807) is 18.2 Å². The fourth-order valence-electron chi connectivity index (χ4n) is 2.66. The third-order valence-electron chi connectivity index (χ3n) is 3.99. The van der Waals surface area contributed by atoms with Gasteiger partial charge in [0.05, 0.1) is 0 Å². The van der Waals surface area contributed by atoms with Crippen LogP contribution in [0.1, 0.15) is 11.1 Å². The molecule has 0 atom stereocenters. The molecule has 0 saturated heterocycles. The van der Waals surface area contributed by atoms with E-state index in [1.165, 1.54) is 12.1 Å². The smallest absolute Gasteiger partial charge is 0.295 e. The Hall–Kier alpha value is -3.22. The summed E-state index contributed by atoms with van der Waals surface area (Å²) in [5, 5.41) is 2.36. The molecule has 3 aromatic carbocycles. The van der Waals surface area contributed by atoms with Crippen LogP contribution >= 0.6 is 0 Å². The van der Waals surface area contributed by atoms with Gasteiger partial charge in [-0.2, -0.15) is 8.42 Å². The van der Waals surface area contributed by atoms with Crippen molar-refractivity contribution in [2.75, 3.05) is 5.32 Å². The van der Waals surface area contributed by atoms with E-state index in [1.807, 2.05) is 54.6 Å². The molecule has 0 heterocycles. The molecule has 3 aromatic rings. The van der Waals surface area contributed by atoms with Crippen LogP contribution in [0.4, 0.5) is 5.69 Å². The van der Waals surface area contributed by atoms with Gasteiger partial charge in [-0.3, -0.25) is 9.35 Å². The molecule has 0 fully saturated rings. The number of hydrogen-bond acceptors (Lipinski definition) is 3. The molecular formula is C21H17NO4S. The second-order valence-corrected chi connectivity index (χ2v) is 7.20. The van der Waals surface area contributed by atoms with Gasteiger partial charge in [-0.1, -0.05) is 72.8 Å². The number of anilines is 1. The van der Waals surface area contributed by atoms with E-state index in [0.717, 1.165) is 16.7 Å². The summed E-state index contributed by atoms with van der Waals surface area (Å²) in [6.07, 6.45) is 3.80. The Morgan fingerprint density at radius 2 is 1.48 bits per heavy atom. The van der Waals surface area contributed by atoms with Crippen LogP contribution in [0.25, 0.3) is 23.3 Å². The number of amides is 1. The minimum atomic E-state index is -4.43. The molecule has 1 amide bonds. The molecular weight excluding hydrogens is 362 g/mol. The van der Waals surface area contributed by atoms with E-state index in [4.69, 9.17) is 0 Å². The number of rotatable bonds is 6. The normalized spacial score (nSPS) is 11.4. The second kappa shape index (κ2) is 7.99. The van der Waals surface area contributed by atoms with Gasteiger partial charge in [-0.15, -0.1) is 0 Å². The van der Waals surface area contributed by atoms with E-state index in [0.29, 0.717) is 12.0 Å². The van der Waals surface area contributed by atoms with Gasteiger partial charge < -0.3 is 5.32 Å². The van der Waals surface area contributed by atoms with Gasteiger partial charge in [0.15, 0.2) is 0 Å². The first-order valence-electron chi connectivity index (χ1n) is 8.13. The van der Waals surface area contributed by atoms with Crippen molar-refractivity contribution in [3.8, 4) is 11.1 Å². The summed E-state index contributed by atoms with van der Waals surface area (Å²) in [5.74, 6) is 0. The molecule has 0 unspecified atom stereocenters. The van der Waals surface area contributed by atoms with Crippen molar-refractivity contribution in [2.24, 2.45) is 0 Å². The van der Waals surface area contributed by atoms with Crippen molar-refractivity contribution in [3.05, 3.63) is 83.9 Å². The summed E-state index contributed by atoms with van der Waals surface area (Å²) < 4.78 is 32.7. The highest BCUT2D eigenvalue weighted by atomic mass is 32.2. The molecule has 0 aliphatic rings. The molecule has 3 rings (SSSR count). The van der Waals surface area contributed by atoms with Gasteiger partial charge >= 0.3 is 0 Å². The molecule has 2 N–H and O–H groups in total. The molecule has 0 aliphatic carbocycles. The summed E-state index contributed by atoms with van der Waals surface area (Å²) in [6.45, 7) is 0. The van der Waals surface area contributed by atoms with Crippen LogP contribution in [0.5, 0.6) is 0 Å². The highest BCUT2D eigenvalue weighted by molar-refractivity contribution is 7.86. The molecule has 0 spiro atoms. The quantitative estimate of drug-likeness (QED) is 0.379. The lowest BCUT2D eigenvalue weighted by atomic mass is 10.0. The van der Waals surface area contributed by atoms with Crippen LogP contribution in [0.2, 0.25) is 0 Å². The Morgan fingerprint density at radius 1 is 0.815 bits per heavy atom. The zero-order chi connectivity index (χ0) is 19.3. The van der Waals surface area contributed by atoms with Gasteiger partial charge in [0.1, 0.15) is 4.90 Å². The third kappa shape index (κ3) is 4.69. The zero-order valence-electron chi connectivity index (χ0n) is 14.2. The van der Waals surface area contributed by atoms with Crippen molar-refractivity contribution in [1.29, 1.82) is 0 Å². The first-order valence-corrected chi connectivity index (χ1v) is 9.57. The van der Waals surface area contributed by atoms with Crippen LogP contribution in [0, 0.1) is 0 Å². The number of carbonyl (C=O) groups excluding carboxylic acids is 1. The Labute approximate surface area is 157 Å². The molecule has 0 bridgehead atoms. The van der Waals surface area contributed by atoms with Crippen molar-refractivity contribution < 1.29 is 17.8 Å². The lowest BCUT2D eigenvalue weighted by Crippen LogP contribution is -2.03. The van der Waals surface area contributed by atoms with E-state index >= 15 is 0 Å². The van der Waals surface area contributed by atoms with Crippen molar-refractivity contribution in [3.63, 3.8) is 0 Å². The Bertz CT molecular complexity index is 1070. The van der Waals surface area contributed by atoms with Crippen molar-refractivity contribution in [1.82, 2.24) is 0 Å². The highest BCUT2D eigenvalue weighted by Gasteiger charge is 2.14. The molecule has 0 aromatic heterocycles. The maximum absolute atomic E-state index is 11.6. The highest BCUT2D eigenvalue weighted by Crippen LogP contribution is 2.24. The fourth-order valence-corrected chi connectivity index (χ4v) is 3.37. The third-order valence-corrected chi connectivity index (χ3v) is 4.90. The van der Waals surface area contributed by atoms with E-state index in [9.17, 15) is 17.8 Å². The van der Waals surface area contributed by atoms with E-state index < -0.39 is 10.1 Å². The van der Waals surface area contributed by atoms with E-state index in [-0.39, 0.29) is 10.6 Å². The first-order chi connectivity index (χ1) is 13.0. The molecule has 0 aliphatic heterocycles. The molecule has 136 valence electrons. The number of hydrogen-bond donors (Lipinski definition) is 2. The monoisotopic (exact) mass is 379 g/mol. The molecule has 0 radical (unpaired) electrons. The van der Waals surface area contributed by atoms with Crippen LogP contribution in [-0.2, 0) is 14.9 Å². The van der Waals surface area contributed by atoms with Crippen LogP contribution in [-0.4, -0.2) is 19.4 Å². The SMILES string of the molecule is O=CNc1ccc(C=Cc2ccc(-c3ccccc3)cc2)c(S(=O)(=O)O)c1. The minimum Gasteiger partial charge on any atom is -0.329 e. The van der Waals surface area contributed by atoms with E-state index in [2.05, 4.69) is 5.32 Å². The lowest BCUT2D eigenvalue weighted by molar-refractivity contribution is -0.105. The Morgan fingerprint density at radius 3 is 2.11 bits per heavy atom. The standard InChI is InChI=1S/C21H17NO4S/c23-15-22-20-13-12-19(21(14-20)27(24,25)26)11-8-16-6-9-18(10-7-16)17-4-2-1-3-5-17/h1-15H,(H,22,23)(H,24,25,26). The average molecular weight is 379 g/mol. The summed E-state index contributed by atoms with van der Waals surface area (Å²) in [5.41, 5.74) is 3.67. The van der Waals surface area contributed by atoms with Gasteiger partial charge in [-0.25, -0.2) is 0 Å². The number of nitrogens with one attached hydrogen (secondary N) is 1. The van der Waals surface area contributed by atoms with Gasteiger partial charge in [0, 0.05) is 5.69 Å². The molecule has 5 nitrogen and oxygen atoms in total. The Balaban J connectivity index is 1.88. The fraction of sp³-hybridized carbons (Fsp3) is 0. The van der Waals surface area contributed by atoms with Gasteiger partial charge in [0.25, 0.3) is 10.1 Å². The maximum atomic E-state index is 11.6. The topological polar surface area (TPSA) is 83.5 Å². The summed E-state index contributed by atoms with van der Waals surface area (Å²) in [6, 6.07) is 22.1. The molecule has 27 heavy (non-hydrogen) atoms. The van der Waals surface area contributed by atoms with Gasteiger partial charge in [-0.05, 0) is 34.4 Å². The van der Waals surface area contributed by atoms with Crippen LogP contribution < -0.4 is 5.32 Å². The first kappa shape index (κ1) is 18.6. The summed E-state index contributed by atoms with van der Waals surface area (Å²) in [7, 11) is -4.43. The summed E-state index contributed by atoms with van der Waals surface area (Å²) in [4.78, 5) is 10.3. The molecule has 0 saturated carbocycles. The lowest BCUT2D eigenvalue weighted by Gasteiger charge is -2.06. The van der Waals surface area contributed by atoms with Gasteiger partial charge in [0.2, 0.25) is 6.41 Å². The van der Waals surface area contributed by atoms with Crippen LogP contribution in [0.3, 0.4) is 0 Å². The predicted octanol–water partition coefficient (Wildman–Crippen LogP) is 4.34.